The van der Waals surface area contributed by atoms with E-state index in [1.54, 1.807) is 24.3 Å². The molecule has 0 radical (unpaired) electrons. The van der Waals surface area contributed by atoms with Crippen LogP contribution in [-0.2, 0) is 10.0 Å². The van der Waals surface area contributed by atoms with Crippen LogP contribution >= 0.6 is 0 Å². The summed E-state index contributed by atoms with van der Waals surface area (Å²) in [5.41, 5.74) is 0.988. The molecule has 0 unspecified atom stereocenters. The van der Waals surface area contributed by atoms with Crippen LogP contribution in [0.1, 0.15) is 38.2 Å². The summed E-state index contributed by atoms with van der Waals surface area (Å²) in [4.78, 5) is 14.6. The van der Waals surface area contributed by atoms with Gasteiger partial charge < -0.3 is 15.5 Å². The van der Waals surface area contributed by atoms with E-state index in [4.69, 9.17) is 0 Å². The van der Waals surface area contributed by atoms with Crippen molar-refractivity contribution >= 4 is 16.1 Å². The molecule has 1 fully saturated rings. The molecule has 1 aliphatic rings. The number of nitrogens with one attached hydrogen (secondary N) is 3. The summed E-state index contributed by atoms with van der Waals surface area (Å²) in [6.45, 7) is 5.12. The third-order valence-electron chi connectivity index (χ3n) is 5.63. The molecule has 7 nitrogen and oxygen atoms in total. The second-order valence-electron chi connectivity index (χ2n) is 8.14. The largest absolute Gasteiger partial charge is 0.337 e. The number of aryl methyl sites for hydroxylation is 1. The molecule has 1 saturated carbocycles. The Bertz CT molecular complexity index is 749. The minimum Gasteiger partial charge on any atom is -0.337 e. The first-order chi connectivity index (χ1) is 13.1. The van der Waals surface area contributed by atoms with Gasteiger partial charge in [-0.25, -0.2) is 17.9 Å². The number of hydrogen-bond acceptors (Lipinski definition) is 4. The van der Waals surface area contributed by atoms with Crippen LogP contribution in [0.15, 0.2) is 29.2 Å². The van der Waals surface area contributed by atoms with Crippen LogP contribution < -0.4 is 15.4 Å². The van der Waals surface area contributed by atoms with E-state index >= 15 is 0 Å². The molecule has 0 spiro atoms. The molecule has 158 valence electrons. The lowest BCUT2D eigenvalue weighted by molar-refractivity contribution is 0.0773. The molecule has 8 heteroatoms. The number of carbonyl (C=O) groups is 1. The highest BCUT2D eigenvalue weighted by Gasteiger charge is 2.37. The zero-order valence-electron chi connectivity index (χ0n) is 17.4. The molecule has 0 bridgehead atoms. The molecule has 2 amide bonds. The zero-order valence-corrected chi connectivity index (χ0v) is 18.2. The molecule has 0 aromatic heterocycles. The molecule has 1 aromatic carbocycles. The van der Waals surface area contributed by atoms with E-state index in [-0.39, 0.29) is 29.6 Å². The Labute approximate surface area is 169 Å². The molecule has 0 saturated heterocycles. The van der Waals surface area contributed by atoms with Gasteiger partial charge in [0.05, 0.1) is 4.90 Å². The quantitative estimate of drug-likeness (QED) is 0.573. The normalized spacial score (nSPS) is 22.8. The van der Waals surface area contributed by atoms with Crippen molar-refractivity contribution < 1.29 is 13.2 Å². The predicted molar refractivity (Wildman–Crippen MR) is 112 cm³/mol. The number of likely N-dealkylation sites (N-methyl/N-ethyl adjacent to an activating group) is 1. The molecule has 1 aromatic rings. The van der Waals surface area contributed by atoms with E-state index in [1.165, 1.54) is 12.8 Å². The number of urea groups is 1. The molecule has 1 aliphatic carbocycles. The maximum Gasteiger partial charge on any atom is 0.314 e. The monoisotopic (exact) mass is 410 g/mol. The molecular weight excluding hydrogens is 376 g/mol. The second-order valence-corrected chi connectivity index (χ2v) is 9.91. The van der Waals surface area contributed by atoms with Gasteiger partial charge >= 0.3 is 6.03 Å². The van der Waals surface area contributed by atoms with Crippen LogP contribution in [0.2, 0.25) is 0 Å². The highest BCUT2D eigenvalue weighted by molar-refractivity contribution is 7.89. The highest BCUT2D eigenvalue weighted by Crippen LogP contribution is 2.35. The van der Waals surface area contributed by atoms with E-state index in [0.29, 0.717) is 12.5 Å². The summed E-state index contributed by atoms with van der Waals surface area (Å²) in [7, 11) is 0.574. The summed E-state index contributed by atoms with van der Waals surface area (Å²) in [5, 5.41) is 5.69. The molecule has 2 rings (SSSR count). The first-order valence-electron chi connectivity index (χ1n) is 9.90. The van der Waals surface area contributed by atoms with Crippen LogP contribution in [0.3, 0.4) is 0 Å². The van der Waals surface area contributed by atoms with Gasteiger partial charge in [0.15, 0.2) is 0 Å². The third kappa shape index (κ3) is 6.18. The average Bonchev–Trinajstić information content (AvgIpc) is 2.64. The Morgan fingerprint density at radius 1 is 1.18 bits per heavy atom. The van der Waals surface area contributed by atoms with Gasteiger partial charge in [-0.2, -0.15) is 0 Å². The first-order valence-corrected chi connectivity index (χ1v) is 11.4. The van der Waals surface area contributed by atoms with Crippen molar-refractivity contribution in [1.29, 1.82) is 0 Å². The minimum atomic E-state index is -3.56. The lowest BCUT2D eigenvalue weighted by atomic mass is 9.75. The Kier molecular flexibility index (Phi) is 7.86. The topological polar surface area (TPSA) is 90.5 Å². The number of nitrogens with zero attached hydrogens (tertiary/aromatic N) is 1. The summed E-state index contributed by atoms with van der Waals surface area (Å²) in [6, 6.07) is 6.39. The van der Waals surface area contributed by atoms with Gasteiger partial charge in [-0.3, -0.25) is 0 Å². The lowest BCUT2D eigenvalue weighted by Crippen LogP contribution is -2.56. The number of amides is 2. The summed E-state index contributed by atoms with van der Waals surface area (Å²) in [5.74, 6) is 0.650. The Morgan fingerprint density at radius 3 is 2.46 bits per heavy atom. The summed E-state index contributed by atoms with van der Waals surface area (Å²) in [6.07, 6.45) is 4.55. The van der Waals surface area contributed by atoms with Crippen LogP contribution in [0.25, 0.3) is 0 Å². The number of hydrogen-bond donors (Lipinski definition) is 3. The second kappa shape index (κ2) is 9.71. The summed E-state index contributed by atoms with van der Waals surface area (Å²) < 4.78 is 27.0. The van der Waals surface area contributed by atoms with Gasteiger partial charge in [0, 0.05) is 25.2 Å². The fraction of sp³-hybridized carbons (Fsp3) is 0.650. The zero-order chi connectivity index (χ0) is 20.8. The molecule has 2 atom stereocenters. The maximum atomic E-state index is 12.2. The van der Waals surface area contributed by atoms with Gasteiger partial charge in [0.25, 0.3) is 0 Å². The number of carbonyl (C=O) groups excluding carboxylic acids is 1. The van der Waals surface area contributed by atoms with Gasteiger partial charge in [-0.15, -0.1) is 0 Å². The SMILES string of the molecule is Cc1ccc(S(=O)(=O)NCCNC(=O)NC[C@@]2(N(C)C)CCC[C@@H](C)C2)cc1. The Balaban J connectivity index is 1.75. The molecule has 3 N–H and O–H groups in total. The number of rotatable bonds is 8. The van der Waals surface area contributed by atoms with E-state index in [2.05, 4.69) is 41.3 Å². The van der Waals surface area contributed by atoms with Gasteiger partial charge in [-0.1, -0.05) is 37.5 Å². The fourth-order valence-corrected chi connectivity index (χ4v) is 4.86. The van der Waals surface area contributed by atoms with Crippen molar-refractivity contribution in [1.82, 2.24) is 20.3 Å². The number of sulfonamides is 1. The van der Waals surface area contributed by atoms with Gasteiger partial charge in [0.2, 0.25) is 10.0 Å². The maximum absolute atomic E-state index is 12.2. The molecule has 28 heavy (non-hydrogen) atoms. The van der Waals surface area contributed by atoms with Gasteiger partial charge in [0.1, 0.15) is 0 Å². The fourth-order valence-electron chi connectivity index (χ4n) is 3.83. The summed E-state index contributed by atoms with van der Waals surface area (Å²) >= 11 is 0. The van der Waals surface area contributed by atoms with Crippen LogP contribution in [0.4, 0.5) is 4.79 Å². The first kappa shape index (κ1) is 22.6. The van der Waals surface area contributed by atoms with Crippen molar-refractivity contribution in [3.05, 3.63) is 29.8 Å². The smallest absolute Gasteiger partial charge is 0.314 e. The van der Waals surface area contributed by atoms with Crippen molar-refractivity contribution in [3.8, 4) is 0 Å². The van der Waals surface area contributed by atoms with E-state index in [9.17, 15) is 13.2 Å². The van der Waals surface area contributed by atoms with Crippen LogP contribution in [0, 0.1) is 12.8 Å². The Morgan fingerprint density at radius 2 is 1.86 bits per heavy atom. The van der Waals surface area contributed by atoms with E-state index in [0.717, 1.165) is 18.4 Å². The minimum absolute atomic E-state index is 0.0119. The lowest BCUT2D eigenvalue weighted by Gasteiger charge is -2.45. The molecule has 0 heterocycles. The van der Waals surface area contributed by atoms with Crippen LogP contribution in [0.5, 0.6) is 0 Å². The van der Waals surface area contributed by atoms with Crippen LogP contribution in [-0.4, -0.2) is 58.6 Å². The van der Waals surface area contributed by atoms with E-state index in [1.807, 2.05) is 6.92 Å². The number of benzene rings is 1. The predicted octanol–water partition coefficient (Wildman–Crippen LogP) is 2.08. The standard InChI is InChI=1S/C20H34N4O3S/c1-16-7-9-18(10-8-16)28(26,27)23-13-12-21-19(25)22-15-20(24(3)4)11-5-6-17(2)14-20/h7-10,17,23H,5-6,11-15H2,1-4H3,(H2,21,22,25)/t17-,20-/m1/s1. The van der Waals surface area contributed by atoms with Crippen molar-refractivity contribution in [2.75, 3.05) is 33.7 Å². The highest BCUT2D eigenvalue weighted by atomic mass is 32.2. The van der Waals surface area contributed by atoms with E-state index < -0.39 is 10.0 Å². The van der Waals surface area contributed by atoms with Crippen molar-refractivity contribution in [3.63, 3.8) is 0 Å². The van der Waals surface area contributed by atoms with Crippen molar-refractivity contribution in [2.24, 2.45) is 5.92 Å². The Hall–Kier alpha value is -1.64. The molecule has 0 aliphatic heterocycles. The third-order valence-corrected chi connectivity index (χ3v) is 7.11. The van der Waals surface area contributed by atoms with Crippen molar-refractivity contribution in [2.45, 2.75) is 50.0 Å². The van der Waals surface area contributed by atoms with Gasteiger partial charge in [-0.05, 0) is 51.9 Å². The average molecular weight is 411 g/mol. The molecular formula is C20H34N4O3S.